The van der Waals surface area contributed by atoms with E-state index in [1.54, 1.807) is 28.6 Å². The first kappa shape index (κ1) is 18.6. The quantitative estimate of drug-likeness (QED) is 0.892. The van der Waals surface area contributed by atoms with Gasteiger partial charge in [-0.1, -0.05) is 36.8 Å². The molecule has 1 amide bonds. The Balaban J connectivity index is 1.82. The zero-order valence-corrected chi connectivity index (χ0v) is 15.7. The van der Waals surface area contributed by atoms with Crippen molar-refractivity contribution in [3.63, 3.8) is 0 Å². The number of amides is 1. The van der Waals surface area contributed by atoms with Crippen molar-refractivity contribution in [1.29, 1.82) is 0 Å². The summed E-state index contributed by atoms with van der Waals surface area (Å²) in [5.74, 6) is 0.0333. The monoisotopic (exact) mass is 372 g/mol. The average Bonchev–Trinajstić information content (AvgIpc) is 2.89. The fourth-order valence-electron chi connectivity index (χ4n) is 3.39. The van der Waals surface area contributed by atoms with E-state index in [-0.39, 0.29) is 16.7 Å². The molecule has 0 spiro atoms. The Morgan fingerprint density at radius 1 is 1.04 bits per heavy atom. The van der Waals surface area contributed by atoms with E-state index in [4.69, 9.17) is 0 Å². The Bertz CT molecular complexity index is 848. The highest BCUT2D eigenvalue weighted by Gasteiger charge is 2.29. The van der Waals surface area contributed by atoms with Gasteiger partial charge >= 0.3 is 0 Å². The number of anilines is 1. The Morgan fingerprint density at radius 3 is 2.38 bits per heavy atom. The number of hydrogen-bond acceptors (Lipinski definition) is 3. The summed E-state index contributed by atoms with van der Waals surface area (Å²) in [5.41, 5.74) is 1.78. The van der Waals surface area contributed by atoms with Crippen LogP contribution in [0, 0.1) is 0 Å². The number of sulfonamides is 1. The first-order valence-corrected chi connectivity index (χ1v) is 10.3. The van der Waals surface area contributed by atoms with Gasteiger partial charge in [0.25, 0.3) is 0 Å². The lowest BCUT2D eigenvalue weighted by Crippen LogP contribution is -2.34. The Hall–Kier alpha value is -2.18. The minimum atomic E-state index is -3.55. The highest BCUT2D eigenvalue weighted by Crippen LogP contribution is 2.29. The van der Waals surface area contributed by atoms with Gasteiger partial charge in [-0.2, -0.15) is 4.31 Å². The molecule has 1 heterocycles. The van der Waals surface area contributed by atoms with E-state index in [2.05, 4.69) is 17.4 Å². The summed E-state index contributed by atoms with van der Waals surface area (Å²) in [6.07, 6.45) is 2.89. The zero-order chi connectivity index (χ0) is 18.6. The van der Waals surface area contributed by atoms with Crippen LogP contribution in [0.5, 0.6) is 0 Å². The number of nitrogens with one attached hydrogen (secondary N) is 1. The lowest BCUT2D eigenvalue weighted by molar-refractivity contribution is -0.114. The van der Waals surface area contributed by atoms with Gasteiger partial charge < -0.3 is 5.32 Å². The van der Waals surface area contributed by atoms with Crippen molar-refractivity contribution in [2.45, 2.75) is 37.0 Å². The molecule has 1 fully saturated rings. The molecule has 0 aliphatic carbocycles. The molecule has 0 bridgehead atoms. The summed E-state index contributed by atoms with van der Waals surface area (Å²) in [4.78, 5) is 11.4. The molecule has 1 N–H and O–H groups in total. The average molecular weight is 372 g/mol. The molecule has 1 aliphatic heterocycles. The second kappa shape index (κ2) is 8.01. The molecule has 2 aromatic rings. The van der Waals surface area contributed by atoms with Crippen molar-refractivity contribution in [3.8, 4) is 0 Å². The van der Waals surface area contributed by atoms with Crippen molar-refractivity contribution >= 4 is 21.6 Å². The molecule has 0 aromatic heterocycles. The fraction of sp³-hybridized carbons (Fsp3) is 0.350. The highest BCUT2D eigenvalue weighted by atomic mass is 32.2. The summed E-state index contributed by atoms with van der Waals surface area (Å²) in [6, 6.07) is 16.5. The van der Waals surface area contributed by atoms with Crippen molar-refractivity contribution in [2.75, 3.05) is 18.4 Å². The summed E-state index contributed by atoms with van der Waals surface area (Å²) in [7, 11) is -3.55. The molecule has 0 saturated carbocycles. The Labute approximate surface area is 155 Å². The van der Waals surface area contributed by atoms with Crippen molar-refractivity contribution in [3.05, 3.63) is 60.2 Å². The molecule has 1 saturated heterocycles. The van der Waals surface area contributed by atoms with Crippen LogP contribution in [0.15, 0.2) is 59.5 Å². The van der Waals surface area contributed by atoms with E-state index >= 15 is 0 Å². The van der Waals surface area contributed by atoms with Crippen LogP contribution in [0.3, 0.4) is 0 Å². The van der Waals surface area contributed by atoms with Crippen LogP contribution in [-0.2, 0) is 14.8 Å². The summed E-state index contributed by atoms with van der Waals surface area (Å²) in [6.45, 7) is 2.46. The second-order valence-corrected chi connectivity index (χ2v) is 8.61. The Morgan fingerprint density at radius 2 is 1.73 bits per heavy atom. The minimum absolute atomic E-state index is 0.182. The van der Waals surface area contributed by atoms with Crippen LogP contribution in [-0.4, -0.2) is 31.7 Å². The van der Waals surface area contributed by atoms with Crippen molar-refractivity contribution in [2.24, 2.45) is 0 Å². The van der Waals surface area contributed by atoms with Gasteiger partial charge in [-0.15, -0.1) is 0 Å². The molecule has 3 rings (SSSR count). The molecule has 2 aromatic carbocycles. The molecule has 1 unspecified atom stereocenters. The molecular weight excluding hydrogens is 348 g/mol. The zero-order valence-electron chi connectivity index (χ0n) is 14.9. The summed E-state index contributed by atoms with van der Waals surface area (Å²) >= 11 is 0. The summed E-state index contributed by atoms with van der Waals surface area (Å²) in [5, 5.41) is 2.65. The second-order valence-electron chi connectivity index (χ2n) is 6.67. The SMILES string of the molecule is CC(=O)Nc1ccc(S(=O)(=O)N2CCCCC(c3ccccc3)C2)cc1. The predicted molar refractivity (Wildman–Crippen MR) is 103 cm³/mol. The van der Waals surface area contributed by atoms with Crippen LogP contribution in [0.25, 0.3) is 0 Å². The van der Waals surface area contributed by atoms with Crippen LogP contribution in [0.1, 0.15) is 37.7 Å². The molecule has 5 nitrogen and oxygen atoms in total. The molecule has 0 radical (unpaired) electrons. The van der Waals surface area contributed by atoms with E-state index in [0.717, 1.165) is 19.3 Å². The van der Waals surface area contributed by atoms with E-state index in [0.29, 0.717) is 18.8 Å². The van der Waals surface area contributed by atoms with Crippen LogP contribution < -0.4 is 5.32 Å². The van der Waals surface area contributed by atoms with Gasteiger partial charge in [0.2, 0.25) is 15.9 Å². The number of rotatable bonds is 4. The van der Waals surface area contributed by atoms with Crippen molar-refractivity contribution < 1.29 is 13.2 Å². The topological polar surface area (TPSA) is 66.5 Å². The van der Waals surface area contributed by atoms with Gasteiger partial charge in [-0.25, -0.2) is 8.42 Å². The first-order valence-electron chi connectivity index (χ1n) is 8.89. The largest absolute Gasteiger partial charge is 0.326 e. The first-order chi connectivity index (χ1) is 12.5. The van der Waals surface area contributed by atoms with E-state index in [1.165, 1.54) is 12.5 Å². The third-order valence-corrected chi connectivity index (χ3v) is 6.60. The lowest BCUT2D eigenvalue weighted by Gasteiger charge is -2.24. The van der Waals surface area contributed by atoms with Crippen molar-refractivity contribution in [1.82, 2.24) is 4.31 Å². The van der Waals surface area contributed by atoms with Crippen LogP contribution >= 0.6 is 0 Å². The van der Waals surface area contributed by atoms with E-state index in [9.17, 15) is 13.2 Å². The number of nitrogens with zero attached hydrogens (tertiary/aromatic N) is 1. The number of carbonyl (C=O) groups is 1. The van der Waals surface area contributed by atoms with Crippen LogP contribution in [0.4, 0.5) is 5.69 Å². The van der Waals surface area contributed by atoms with Gasteiger partial charge in [0.05, 0.1) is 4.90 Å². The maximum Gasteiger partial charge on any atom is 0.243 e. The van der Waals surface area contributed by atoms with Gasteiger partial charge in [0.15, 0.2) is 0 Å². The molecule has 1 atom stereocenters. The molecule has 6 heteroatoms. The molecule has 1 aliphatic rings. The summed E-state index contributed by atoms with van der Waals surface area (Å²) < 4.78 is 27.8. The lowest BCUT2D eigenvalue weighted by atomic mass is 9.95. The third kappa shape index (κ3) is 4.31. The van der Waals surface area contributed by atoms with Crippen LogP contribution in [0.2, 0.25) is 0 Å². The molecular formula is C20H24N2O3S. The van der Waals surface area contributed by atoms with E-state index in [1.807, 2.05) is 18.2 Å². The standard InChI is InChI=1S/C20H24N2O3S/c1-16(23)21-19-10-12-20(13-11-19)26(24,25)22-14-6-5-9-18(15-22)17-7-3-2-4-8-17/h2-4,7-8,10-13,18H,5-6,9,14-15H2,1H3,(H,21,23). The fourth-order valence-corrected chi connectivity index (χ4v) is 4.91. The predicted octanol–water partition coefficient (Wildman–Crippen LogP) is 3.60. The van der Waals surface area contributed by atoms with Gasteiger partial charge in [-0.05, 0) is 48.6 Å². The number of carbonyl (C=O) groups excluding carboxylic acids is 1. The third-order valence-electron chi connectivity index (χ3n) is 4.72. The van der Waals surface area contributed by atoms with Gasteiger partial charge in [0.1, 0.15) is 0 Å². The minimum Gasteiger partial charge on any atom is -0.326 e. The normalized spacial score (nSPS) is 18.9. The number of benzene rings is 2. The van der Waals surface area contributed by atoms with Gasteiger partial charge in [0, 0.05) is 25.7 Å². The smallest absolute Gasteiger partial charge is 0.243 e. The number of hydrogen-bond donors (Lipinski definition) is 1. The molecule has 26 heavy (non-hydrogen) atoms. The maximum absolute atomic E-state index is 13.1. The molecule has 138 valence electrons. The van der Waals surface area contributed by atoms with Gasteiger partial charge in [-0.3, -0.25) is 4.79 Å². The Kier molecular flexibility index (Phi) is 5.74. The highest BCUT2D eigenvalue weighted by molar-refractivity contribution is 7.89. The maximum atomic E-state index is 13.1. The van der Waals surface area contributed by atoms with E-state index < -0.39 is 10.0 Å².